The van der Waals surface area contributed by atoms with Gasteiger partial charge >= 0.3 is 5.97 Å². The molecule has 0 atom stereocenters. The number of esters is 1. The maximum atomic E-state index is 12.0. The zero-order valence-corrected chi connectivity index (χ0v) is 15.5. The summed E-state index contributed by atoms with van der Waals surface area (Å²) in [5, 5.41) is 14.0. The molecule has 1 amide bonds. The van der Waals surface area contributed by atoms with Gasteiger partial charge in [0.05, 0.1) is 24.1 Å². The molecule has 0 fully saturated rings. The molecule has 0 unspecified atom stereocenters. The van der Waals surface area contributed by atoms with Crippen LogP contribution in [0.15, 0.2) is 36.4 Å². The highest BCUT2D eigenvalue weighted by atomic mass is 35.5. The number of hydrogen-bond donors (Lipinski definition) is 1. The number of nitro groups is 1. The number of rotatable bonds is 7. The van der Waals surface area contributed by atoms with Crippen molar-refractivity contribution in [3.8, 4) is 5.75 Å². The molecular formula is C17H14Cl2N2O6. The van der Waals surface area contributed by atoms with Gasteiger partial charge < -0.3 is 14.8 Å². The van der Waals surface area contributed by atoms with Crippen molar-refractivity contribution in [2.75, 3.05) is 19.0 Å². The summed E-state index contributed by atoms with van der Waals surface area (Å²) in [5.41, 5.74) is 0.376. The maximum absolute atomic E-state index is 12.0. The fourth-order valence-electron chi connectivity index (χ4n) is 2.11. The average molecular weight is 413 g/mol. The van der Waals surface area contributed by atoms with Crippen LogP contribution in [-0.4, -0.2) is 30.5 Å². The number of hydrogen-bond acceptors (Lipinski definition) is 6. The van der Waals surface area contributed by atoms with Gasteiger partial charge in [-0.25, -0.2) is 0 Å². The number of benzene rings is 2. The lowest BCUT2D eigenvalue weighted by molar-refractivity contribution is -0.384. The molecule has 0 saturated heterocycles. The molecule has 27 heavy (non-hydrogen) atoms. The van der Waals surface area contributed by atoms with Gasteiger partial charge in [0.25, 0.3) is 11.6 Å². The van der Waals surface area contributed by atoms with Crippen LogP contribution in [-0.2, 0) is 20.7 Å². The van der Waals surface area contributed by atoms with Gasteiger partial charge in [-0.2, -0.15) is 0 Å². The molecule has 0 aliphatic heterocycles. The molecule has 2 aromatic carbocycles. The minimum atomic E-state index is -0.677. The van der Waals surface area contributed by atoms with Crippen molar-refractivity contribution in [3.05, 3.63) is 62.1 Å². The van der Waals surface area contributed by atoms with E-state index in [0.717, 1.165) is 6.07 Å². The lowest BCUT2D eigenvalue weighted by Crippen LogP contribution is -2.22. The lowest BCUT2D eigenvalue weighted by Gasteiger charge is -2.10. The normalized spacial score (nSPS) is 10.2. The quantitative estimate of drug-likeness (QED) is 0.422. The van der Waals surface area contributed by atoms with Crippen LogP contribution >= 0.6 is 23.2 Å². The van der Waals surface area contributed by atoms with E-state index in [1.807, 2.05) is 0 Å². The molecule has 8 nitrogen and oxygen atoms in total. The summed E-state index contributed by atoms with van der Waals surface area (Å²) < 4.78 is 9.94. The predicted molar refractivity (Wildman–Crippen MR) is 99.4 cm³/mol. The number of carbonyl (C=O) groups excluding carboxylic acids is 2. The summed E-state index contributed by atoms with van der Waals surface area (Å²) in [6.45, 7) is -0.574. The first-order valence-corrected chi connectivity index (χ1v) is 8.27. The maximum Gasteiger partial charge on any atom is 0.310 e. The summed E-state index contributed by atoms with van der Waals surface area (Å²) >= 11 is 11.8. The number of methoxy groups -OCH3 is 1. The highest BCUT2D eigenvalue weighted by molar-refractivity contribution is 6.35. The highest BCUT2D eigenvalue weighted by Crippen LogP contribution is 2.28. The van der Waals surface area contributed by atoms with Gasteiger partial charge in [-0.05, 0) is 23.8 Å². The molecule has 2 rings (SSSR count). The molecule has 0 aliphatic carbocycles. The van der Waals surface area contributed by atoms with E-state index in [1.165, 1.54) is 25.3 Å². The Hall–Kier alpha value is -2.84. The second-order valence-corrected chi connectivity index (χ2v) is 6.11. The number of non-ortho nitro benzene ring substituents is 1. The molecule has 0 heterocycles. The van der Waals surface area contributed by atoms with Crippen molar-refractivity contribution >= 4 is 46.5 Å². The van der Waals surface area contributed by atoms with Crippen LogP contribution in [0.3, 0.4) is 0 Å². The number of nitrogens with zero attached hydrogens (tertiary/aromatic N) is 1. The Morgan fingerprint density at radius 1 is 1.19 bits per heavy atom. The van der Waals surface area contributed by atoms with Gasteiger partial charge in [-0.1, -0.05) is 29.3 Å². The SMILES string of the molecule is COc1ccc([N+](=O)[O-])cc1NC(=O)COC(=O)Cc1ccc(Cl)cc1Cl. The van der Waals surface area contributed by atoms with Crippen LogP contribution in [0, 0.1) is 10.1 Å². The van der Waals surface area contributed by atoms with Gasteiger partial charge in [0, 0.05) is 22.2 Å². The van der Waals surface area contributed by atoms with Crippen LogP contribution in [0.25, 0.3) is 0 Å². The molecule has 1 N–H and O–H groups in total. The Morgan fingerprint density at radius 2 is 1.93 bits per heavy atom. The molecule has 0 saturated carbocycles. The van der Waals surface area contributed by atoms with E-state index < -0.39 is 23.4 Å². The first-order chi connectivity index (χ1) is 12.8. The average Bonchev–Trinajstić information content (AvgIpc) is 2.62. The minimum Gasteiger partial charge on any atom is -0.495 e. The zero-order valence-electron chi connectivity index (χ0n) is 14.0. The standard InChI is InChI=1S/C17H14Cl2N2O6/c1-26-15-5-4-12(21(24)25)8-14(15)20-16(22)9-27-17(23)6-10-2-3-11(18)7-13(10)19/h2-5,7-8H,6,9H2,1H3,(H,20,22). The summed E-state index contributed by atoms with van der Waals surface area (Å²) in [5.74, 6) is -1.11. The Kier molecular flexibility index (Phi) is 6.98. The Labute approximate surface area is 164 Å². The number of ether oxygens (including phenoxy) is 2. The van der Waals surface area contributed by atoms with Crippen LogP contribution in [0.5, 0.6) is 5.75 Å². The minimum absolute atomic E-state index is 0.0912. The molecule has 2 aromatic rings. The number of carbonyl (C=O) groups is 2. The Balaban J connectivity index is 1.95. The second-order valence-electron chi connectivity index (χ2n) is 5.26. The first kappa shape index (κ1) is 20.5. The fourth-order valence-corrected chi connectivity index (χ4v) is 2.59. The van der Waals surface area contributed by atoms with Gasteiger partial charge in [0.15, 0.2) is 6.61 Å². The summed E-state index contributed by atoms with van der Waals surface area (Å²) in [6.07, 6.45) is -0.136. The molecule has 0 aromatic heterocycles. The van der Waals surface area contributed by atoms with Gasteiger partial charge in [-0.15, -0.1) is 0 Å². The lowest BCUT2D eigenvalue weighted by atomic mass is 10.1. The summed E-state index contributed by atoms with van der Waals surface area (Å²) in [7, 11) is 1.35. The third-order valence-electron chi connectivity index (χ3n) is 3.38. The van der Waals surface area contributed by atoms with Crippen molar-refractivity contribution in [2.45, 2.75) is 6.42 Å². The van der Waals surface area contributed by atoms with E-state index in [1.54, 1.807) is 12.1 Å². The molecule has 0 aliphatic rings. The number of amides is 1. The van der Waals surface area contributed by atoms with Crippen molar-refractivity contribution in [1.82, 2.24) is 0 Å². The monoisotopic (exact) mass is 412 g/mol. The zero-order chi connectivity index (χ0) is 20.0. The van der Waals surface area contributed by atoms with E-state index >= 15 is 0 Å². The highest BCUT2D eigenvalue weighted by Gasteiger charge is 2.15. The van der Waals surface area contributed by atoms with Crippen LogP contribution in [0.4, 0.5) is 11.4 Å². The summed E-state index contributed by atoms with van der Waals surface area (Å²) in [4.78, 5) is 34.1. The molecular weight excluding hydrogens is 399 g/mol. The molecule has 142 valence electrons. The van der Waals surface area contributed by atoms with Crippen molar-refractivity contribution in [1.29, 1.82) is 0 Å². The van der Waals surface area contributed by atoms with Gasteiger partial charge in [0.2, 0.25) is 0 Å². The Bertz CT molecular complexity index is 888. The molecule has 10 heteroatoms. The third kappa shape index (κ3) is 5.83. The second kappa shape index (κ2) is 9.20. The number of nitrogens with one attached hydrogen (secondary N) is 1. The van der Waals surface area contributed by atoms with Crippen LogP contribution < -0.4 is 10.1 Å². The molecule has 0 radical (unpaired) electrons. The Morgan fingerprint density at radius 3 is 2.56 bits per heavy atom. The van der Waals surface area contributed by atoms with Crippen LogP contribution in [0.2, 0.25) is 10.0 Å². The number of nitro benzene ring substituents is 1. The number of anilines is 1. The summed E-state index contributed by atoms with van der Waals surface area (Å²) in [6, 6.07) is 8.39. The van der Waals surface area contributed by atoms with Gasteiger partial charge in [0.1, 0.15) is 5.75 Å². The van der Waals surface area contributed by atoms with E-state index in [4.69, 9.17) is 32.7 Å². The largest absolute Gasteiger partial charge is 0.495 e. The topological polar surface area (TPSA) is 108 Å². The van der Waals surface area contributed by atoms with E-state index in [9.17, 15) is 19.7 Å². The van der Waals surface area contributed by atoms with Crippen molar-refractivity contribution in [3.63, 3.8) is 0 Å². The van der Waals surface area contributed by atoms with E-state index in [2.05, 4.69) is 5.32 Å². The smallest absolute Gasteiger partial charge is 0.310 e. The third-order valence-corrected chi connectivity index (χ3v) is 3.97. The predicted octanol–water partition coefficient (Wildman–Crippen LogP) is 3.63. The van der Waals surface area contributed by atoms with Crippen molar-refractivity contribution in [2.24, 2.45) is 0 Å². The first-order valence-electron chi connectivity index (χ1n) is 7.52. The van der Waals surface area contributed by atoms with Gasteiger partial charge in [-0.3, -0.25) is 19.7 Å². The molecule has 0 spiro atoms. The van der Waals surface area contributed by atoms with Crippen LogP contribution in [0.1, 0.15) is 5.56 Å². The van der Waals surface area contributed by atoms with E-state index in [0.29, 0.717) is 15.6 Å². The molecule has 0 bridgehead atoms. The van der Waals surface area contributed by atoms with E-state index in [-0.39, 0.29) is 23.5 Å². The number of halogens is 2. The fraction of sp³-hybridized carbons (Fsp3) is 0.176. The van der Waals surface area contributed by atoms with Crippen molar-refractivity contribution < 1.29 is 24.0 Å².